The average Bonchev–Trinajstić information content (AvgIpc) is 3.13. The van der Waals surface area contributed by atoms with Crippen LogP contribution in [0.25, 0.3) is 6.08 Å². The molecule has 9 heteroatoms. The van der Waals surface area contributed by atoms with Gasteiger partial charge in [0.2, 0.25) is 0 Å². The fraction of sp³-hybridized carbons (Fsp3) is 0.269. The van der Waals surface area contributed by atoms with E-state index in [0.717, 1.165) is 5.56 Å². The molecule has 0 saturated heterocycles. The van der Waals surface area contributed by atoms with Crippen LogP contribution in [0, 0.1) is 10.1 Å². The Morgan fingerprint density at radius 2 is 1.97 bits per heavy atom. The Balaban J connectivity index is 1.92. The molecular formula is C26H25N3O5S. The first-order valence-electron chi connectivity index (χ1n) is 11.2. The van der Waals surface area contributed by atoms with Gasteiger partial charge in [-0.15, -0.1) is 0 Å². The van der Waals surface area contributed by atoms with Gasteiger partial charge in [-0.3, -0.25) is 19.5 Å². The van der Waals surface area contributed by atoms with Gasteiger partial charge >= 0.3 is 5.97 Å². The van der Waals surface area contributed by atoms with E-state index in [2.05, 4.69) is 18.8 Å². The second kappa shape index (κ2) is 9.79. The lowest BCUT2D eigenvalue weighted by Gasteiger charge is -2.24. The molecule has 180 valence electrons. The number of rotatable bonds is 6. The number of carbonyl (C=O) groups excluding carboxylic acids is 1. The normalized spacial score (nSPS) is 15.7. The van der Waals surface area contributed by atoms with Crippen molar-refractivity contribution in [3.8, 4) is 0 Å². The fourth-order valence-electron chi connectivity index (χ4n) is 4.04. The summed E-state index contributed by atoms with van der Waals surface area (Å²) in [6.45, 7) is 7.75. The Morgan fingerprint density at radius 1 is 1.26 bits per heavy atom. The fourth-order valence-corrected chi connectivity index (χ4v) is 5.09. The quantitative estimate of drug-likeness (QED) is 0.296. The van der Waals surface area contributed by atoms with E-state index >= 15 is 0 Å². The van der Waals surface area contributed by atoms with E-state index in [1.54, 1.807) is 26.0 Å². The number of fused-ring (bicyclic) bond motifs is 1. The molecule has 1 aliphatic heterocycles. The number of allylic oxidation sites excluding steroid dienone is 1. The van der Waals surface area contributed by atoms with E-state index in [0.29, 0.717) is 26.5 Å². The molecule has 0 aliphatic carbocycles. The van der Waals surface area contributed by atoms with E-state index in [-0.39, 0.29) is 23.4 Å². The zero-order valence-corrected chi connectivity index (χ0v) is 20.7. The van der Waals surface area contributed by atoms with Crippen molar-refractivity contribution in [3.05, 3.63) is 106 Å². The van der Waals surface area contributed by atoms with Crippen LogP contribution in [0.2, 0.25) is 0 Å². The summed E-state index contributed by atoms with van der Waals surface area (Å²) in [4.78, 5) is 42.4. The van der Waals surface area contributed by atoms with Gasteiger partial charge in [0.15, 0.2) is 4.80 Å². The first kappa shape index (κ1) is 24.3. The standard InChI is InChI=1S/C26H25N3O5S/c1-5-34-25(31)22-16(4)27-26-28(23(22)19-7-6-8-20(14-19)29(32)33)24(30)21(35-26)13-17-9-11-18(12-10-17)15(2)3/h6-15,23H,5H2,1-4H3/b21-13-/t23-/m0/s1. The lowest BCUT2D eigenvalue weighted by atomic mass is 9.95. The SMILES string of the molecule is CCOC(=O)C1=C(C)N=c2s/c(=C\c3ccc(C(C)C)cc3)c(=O)n2[C@H]1c1cccc([N+](=O)[O-])c1. The molecule has 2 heterocycles. The van der Waals surface area contributed by atoms with E-state index in [1.807, 2.05) is 24.3 Å². The van der Waals surface area contributed by atoms with Gasteiger partial charge in [0.1, 0.15) is 0 Å². The number of hydrogen-bond donors (Lipinski definition) is 0. The zero-order chi connectivity index (χ0) is 25.3. The number of esters is 1. The highest BCUT2D eigenvalue weighted by Crippen LogP contribution is 2.32. The maximum Gasteiger partial charge on any atom is 0.338 e. The smallest absolute Gasteiger partial charge is 0.338 e. The van der Waals surface area contributed by atoms with Gasteiger partial charge in [-0.1, -0.05) is 61.6 Å². The minimum atomic E-state index is -0.893. The molecule has 0 unspecified atom stereocenters. The molecule has 0 radical (unpaired) electrons. The van der Waals surface area contributed by atoms with Gasteiger partial charge in [-0.05, 0) is 42.5 Å². The van der Waals surface area contributed by atoms with Crippen LogP contribution >= 0.6 is 11.3 Å². The van der Waals surface area contributed by atoms with Gasteiger partial charge in [0.25, 0.3) is 11.2 Å². The predicted molar refractivity (Wildman–Crippen MR) is 134 cm³/mol. The number of nitrogens with zero attached hydrogens (tertiary/aromatic N) is 3. The van der Waals surface area contributed by atoms with Crippen LogP contribution in [0.15, 0.2) is 69.6 Å². The van der Waals surface area contributed by atoms with Crippen molar-refractivity contribution in [2.45, 2.75) is 39.7 Å². The molecular weight excluding hydrogens is 466 g/mol. The monoisotopic (exact) mass is 491 g/mol. The number of hydrogen-bond acceptors (Lipinski definition) is 7. The van der Waals surface area contributed by atoms with Crippen molar-refractivity contribution in [1.29, 1.82) is 0 Å². The molecule has 0 saturated carbocycles. The van der Waals surface area contributed by atoms with Crippen LogP contribution in [0.3, 0.4) is 0 Å². The van der Waals surface area contributed by atoms with Gasteiger partial charge in [-0.25, -0.2) is 9.79 Å². The first-order valence-corrected chi connectivity index (χ1v) is 12.1. The Morgan fingerprint density at radius 3 is 2.60 bits per heavy atom. The summed E-state index contributed by atoms with van der Waals surface area (Å²) in [5, 5.41) is 11.4. The number of carbonyl (C=O) groups is 1. The van der Waals surface area contributed by atoms with Crippen LogP contribution in [0.4, 0.5) is 5.69 Å². The van der Waals surface area contributed by atoms with Crippen LogP contribution in [0.5, 0.6) is 0 Å². The molecule has 1 aromatic heterocycles. The van der Waals surface area contributed by atoms with Crippen molar-refractivity contribution in [1.82, 2.24) is 4.57 Å². The molecule has 0 N–H and O–H groups in total. The number of aromatic nitrogens is 1. The molecule has 35 heavy (non-hydrogen) atoms. The topological polar surface area (TPSA) is 104 Å². The minimum Gasteiger partial charge on any atom is -0.463 e. The highest BCUT2D eigenvalue weighted by molar-refractivity contribution is 7.07. The third kappa shape index (κ3) is 4.72. The summed E-state index contributed by atoms with van der Waals surface area (Å²) in [6, 6.07) is 13.0. The van der Waals surface area contributed by atoms with E-state index in [1.165, 1.54) is 39.7 Å². The lowest BCUT2D eigenvalue weighted by Crippen LogP contribution is -2.40. The first-order chi connectivity index (χ1) is 16.7. The molecule has 4 rings (SSSR count). The van der Waals surface area contributed by atoms with Gasteiger partial charge in [0.05, 0.1) is 33.4 Å². The zero-order valence-electron chi connectivity index (χ0n) is 19.8. The van der Waals surface area contributed by atoms with Crippen LogP contribution < -0.4 is 14.9 Å². The lowest BCUT2D eigenvalue weighted by molar-refractivity contribution is -0.384. The van der Waals surface area contributed by atoms with Gasteiger partial charge in [0, 0.05) is 12.1 Å². The number of ether oxygens (including phenoxy) is 1. The molecule has 8 nitrogen and oxygen atoms in total. The maximum absolute atomic E-state index is 13.6. The Hall–Kier alpha value is -3.85. The Labute approximate surface area is 205 Å². The Kier molecular flexibility index (Phi) is 6.79. The molecule has 1 aliphatic rings. The van der Waals surface area contributed by atoms with Gasteiger partial charge in [-0.2, -0.15) is 0 Å². The largest absolute Gasteiger partial charge is 0.463 e. The van der Waals surface area contributed by atoms with Crippen LogP contribution in [-0.2, 0) is 9.53 Å². The summed E-state index contributed by atoms with van der Waals surface area (Å²) >= 11 is 1.22. The maximum atomic E-state index is 13.6. The highest BCUT2D eigenvalue weighted by atomic mass is 32.1. The Bertz CT molecular complexity index is 1510. The molecule has 0 amide bonds. The predicted octanol–water partition coefficient (Wildman–Crippen LogP) is 3.83. The number of thiazole rings is 1. The third-order valence-corrected chi connectivity index (χ3v) is 6.80. The van der Waals surface area contributed by atoms with Crippen molar-refractivity contribution < 1.29 is 14.5 Å². The highest BCUT2D eigenvalue weighted by Gasteiger charge is 2.34. The third-order valence-electron chi connectivity index (χ3n) is 5.81. The summed E-state index contributed by atoms with van der Waals surface area (Å²) in [5.74, 6) is -0.211. The summed E-state index contributed by atoms with van der Waals surface area (Å²) in [6.07, 6.45) is 1.79. The van der Waals surface area contributed by atoms with Crippen molar-refractivity contribution >= 4 is 29.1 Å². The summed E-state index contributed by atoms with van der Waals surface area (Å²) in [7, 11) is 0. The number of benzene rings is 2. The molecule has 0 spiro atoms. The van der Waals surface area contributed by atoms with E-state index in [9.17, 15) is 19.7 Å². The second-order valence-corrected chi connectivity index (χ2v) is 9.48. The van der Waals surface area contributed by atoms with Gasteiger partial charge < -0.3 is 4.74 Å². The molecule has 0 bridgehead atoms. The van der Waals surface area contributed by atoms with Crippen LogP contribution in [-0.4, -0.2) is 22.1 Å². The molecule has 0 fully saturated rings. The average molecular weight is 492 g/mol. The van der Waals surface area contributed by atoms with Crippen molar-refractivity contribution in [2.24, 2.45) is 4.99 Å². The number of nitro groups is 1. The number of nitro benzene ring substituents is 1. The molecule has 1 atom stereocenters. The molecule has 2 aromatic carbocycles. The van der Waals surface area contributed by atoms with Crippen LogP contribution in [0.1, 0.15) is 56.3 Å². The minimum absolute atomic E-state index is 0.132. The summed E-state index contributed by atoms with van der Waals surface area (Å²) in [5.41, 5.74) is 2.64. The second-order valence-electron chi connectivity index (χ2n) is 8.48. The van der Waals surface area contributed by atoms with Crippen molar-refractivity contribution in [2.75, 3.05) is 6.61 Å². The number of non-ortho nitro benzene ring substituents is 1. The van der Waals surface area contributed by atoms with E-state index in [4.69, 9.17) is 4.74 Å². The van der Waals surface area contributed by atoms with Crippen molar-refractivity contribution in [3.63, 3.8) is 0 Å². The molecule has 3 aromatic rings. The van der Waals surface area contributed by atoms with E-state index < -0.39 is 16.9 Å². The summed E-state index contributed by atoms with van der Waals surface area (Å²) < 4.78 is 7.14.